The summed E-state index contributed by atoms with van der Waals surface area (Å²) in [7, 11) is -3.08. The molecule has 0 saturated carbocycles. The zero-order chi connectivity index (χ0) is 21.7. The summed E-state index contributed by atoms with van der Waals surface area (Å²) in [5.41, 5.74) is 0. The molecule has 30 heavy (non-hydrogen) atoms. The maximum atomic E-state index is 13.0. The Balaban J connectivity index is 1.49. The van der Waals surface area contributed by atoms with E-state index in [1.165, 1.54) is 6.42 Å². The molecule has 8 nitrogen and oxygen atoms in total. The number of likely N-dealkylation sites (tertiary alicyclic amines) is 2. The summed E-state index contributed by atoms with van der Waals surface area (Å²) in [6.07, 6.45) is 6.58. The molecule has 3 fully saturated rings. The highest BCUT2D eigenvalue weighted by molar-refractivity contribution is 7.91. The van der Waals surface area contributed by atoms with Gasteiger partial charge in [-0.25, -0.2) is 8.42 Å². The number of hydrogen-bond acceptors (Lipinski definition) is 5. The minimum atomic E-state index is -3.08. The van der Waals surface area contributed by atoms with Gasteiger partial charge in [0, 0.05) is 38.6 Å². The van der Waals surface area contributed by atoms with Crippen LogP contribution in [0.5, 0.6) is 0 Å². The van der Waals surface area contributed by atoms with Crippen molar-refractivity contribution in [2.45, 2.75) is 64.3 Å². The summed E-state index contributed by atoms with van der Waals surface area (Å²) in [4.78, 5) is 41.3. The largest absolute Gasteiger partial charge is 0.356 e. The molecule has 170 valence electrons. The first-order chi connectivity index (χ1) is 14.3. The molecule has 0 bridgehead atoms. The van der Waals surface area contributed by atoms with Crippen LogP contribution in [0.15, 0.2) is 0 Å². The summed E-state index contributed by atoms with van der Waals surface area (Å²) in [6.45, 7) is 4.14. The molecule has 0 aromatic heterocycles. The lowest BCUT2D eigenvalue weighted by atomic mass is 9.95. The summed E-state index contributed by atoms with van der Waals surface area (Å²) < 4.78 is 23.5. The van der Waals surface area contributed by atoms with Crippen molar-refractivity contribution in [3.05, 3.63) is 0 Å². The van der Waals surface area contributed by atoms with E-state index in [-0.39, 0.29) is 47.6 Å². The van der Waals surface area contributed by atoms with Crippen molar-refractivity contribution < 1.29 is 22.8 Å². The van der Waals surface area contributed by atoms with Gasteiger partial charge in [0.05, 0.1) is 23.3 Å². The Morgan fingerprint density at radius 3 is 2.60 bits per heavy atom. The Kier molecular flexibility index (Phi) is 7.76. The standard InChI is InChI=1S/C21H35N3O5S/c1-2-3-4-5-9-22-20(26)16-7-6-10-23(13-16)21(27)17-12-19(25)24(14-17)18-8-11-30(28,29)15-18/h16-18H,2-15H2,1H3,(H,22,26). The maximum Gasteiger partial charge on any atom is 0.228 e. The number of nitrogens with zero attached hydrogens (tertiary/aromatic N) is 2. The minimum absolute atomic E-state index is 0.00384. The Morgan fingerprint density at radius 1 is 1.10 bits per heavy atom. The summed E-state index contributed by atoms with van der Waals surface area (Å²) in [6, 6.07) is -0.298. The van der Waals surface area contributed by atoms with Crippen molar-refractivity contribution in [3.8, 4) is 0 Å². The second kappa shape index (κ2) is 10.1. The second-order valence-electron chi connectivity index (χ2n) is 8.98. The Hall–Kier alpha value is -1.64. The number of nitrogens with one attached hydrogen (secondary N) is 1. The van der Waals surface area contributed by atoms with Gasteiger partial charge in [0.2, 0.25) is 17.7 Å². The Labute approximate surface area is 179 Å². The van der Waals surface area contributed by atoms with E-state index < -0.39 is 15.8 Å². The SMILES string of the molecule is CCCCCCNC(=O)C1CCCN(C(=O)C2CC(=O)N(C3CCS(=O)(=O)C3)C2)C1. The van der Waals surface area contributed by atoms with Gasteiger partial charge in [0.25, 0.3) is 0 Å². The van der Waals surface area contributed by atoms with Crippen LogP contribution in [0, 0.1) is 11.8 Å². The Bertz CT molecular complexity index is 754. The second-order valence-corrected chi connectivity index (χ2v) is 11.2. The predicted molar refractivity (Wildman–Crippen MR) is 113 cm³/mol. The molecule has 9 heteroatoms. The summed E-state index contributed by atoms with van der Waals surface area (Å²) >= 11 is 0. The van der Waals surface area contributed by atoms with Gasteiger partial charge in [-0.05, 0) is 25.7 Å². The number of carbonyl (C=O) groups is 3. The zero-order valence-corrected chi connectivity index (χ0v) is 18.8. The van der Waals surface area contributed by atoms with Gasteiger partial charge in [-0.15, -0.1) is 0 Å². The van der Waals surface area contributed by atoms with E-state index in [0.717, 1.165) is 32.1 Å². The number of carbonyl (C=O) groups excluding carboxylic acids is 3. The molecule has 3 atom stereocenters. The third-order valence-corrected chi connectivity index (χ3v) is 8.34. The van der Waals surface area contributed by atoms with Crippen molar-refractivity contribution in [1.82, 2.24) is 15.1 Å². The van der Waals surface area contributed by atoms with Crippen LogP contribution in [0.25, 0.3) is 0 Å². The van der Waals surface area contributed by atoms with E-state index >= 15 is 0 Å². The van der Waals surface area contributed by atoms with Crippen molar-refractivity contribution >= 4 is 27.6 Å². The van der Waals surface area contributed by atoms with E-state index in [1.807, 2.05) is 0 Å². The average Bonchev–Trinajstić information content (AvgIpc) is 3.28. The maximum absolute atomic E-state index is 13.0. The highest BCUT2D eigenvalue weighted by Crippen LogP contribution is 2.28. The van der Waals surface area contributed by atoms with Crippen molar-refractivity contribution in [1.29, 1.82) is 0 Å². The molecule has 0 aromatic rings. The number of piperidine rings is 1. The number of rotatable bonds is 8. The summed E-state index contributed by atoms with van der Waals surface area (Å²) in [5, 5.41) is 3.00. The first-order valence-corrected chi connectivity index (χ1v) is 13.2. The van der Waals surface area contributed by atoms with Crippen LogP contribution < -0.4 is 5.32 Å². The molecule has 3 rings (SSSR count). The third kappa shape index (κ3) is 5.74. The molecule has 3 aliphatic heterocycles. The van der Waals surface area contributed by atoms with Crippen LogP contribution in [-0.2, 0) is 24.2 Å². The zero-order valence-electron chi connectivity index (χ0n) is 18.0. The molecule has 0 spiro atoms. The van der Waals surface area contributed by atoms with Gasteiger partial charge >= 0.3 is 0 Å². The van der Waals surface area contributed by atoms with Crippen LogP contribution >= 0.6 is 0 Å². The van der Waals surface area contributed by atoms with Gasteiger partial charge < -0.3 is 15.1 Å². The van der Waals surface area contributed by atoms with E-state index in [0.29, 0.717) is 32.6 Å². The van der Waals surface area contributed by atoms with Crippen molar-refractivity contribution in [3.63, 3.8) is 0 Å². The minimum Gasteiger partial charge on any atom is -0.356 e. The normalized spacial score (nSPS) is 28.7. The van der Waals surface area contributed by atoms with Crippen LogP contribution in [0.3, 0.4) is 0 Å². The molecule has 1 N–H and O–H groups in total. The van der Waals surface area contributed by atoms with Crippen LogP contribution in [0.2, 0.25) is 0 Å². The lowest BCUT2D eigenvalue weighted by Crippen LogP contribution is -2.48. The molecule has 0 aromatic carbocycles. The fourth-order valence-electron chi connectivity index (χ4n) is 4.83. The van der Waals surface area contributed by atoms with Crippen molar-refractivity contribution in [2.75, 3.05) is 37.7 Å². The number of amides is 3. The van der Waals surface area contributed by atoms with Gasteiger partial charge in [-0.3, -0.25) is 14.4 Å². The quantitative estimate of drug-likeness (QED) is 0.565. The monoisotopic (exact) mass is 441 g/mol. The average molecular weight is 442 g/mol. The first kappa shape index (κ1) is 23.0. The number of unbranched alkanes of at least 4 members (excludes halogenated alkanes) is 3. The first-order valence-electron chi connectivity index (χ1n) is 11.4. The van der Waals surface area contributed by atoms with Gasteiger partial charge in [-0.2, -0.15) is 0 Å². The van der Waals surface area contributed by atoms with E-state index in [2.05, 4.69) is 12.2 Å². The van der Waals surface area contributed by atoms with Crippen molar-refractivity contribution in [2.24, 2.45) is 11.8 Å². The highest BCUT2D eigenvalue weighted by Gasteiger charge is 2.43. The van der Waals surface area contributed by atoms with Crippen LogP contribution in [0.4, 0.5) is 0 Å². The van der Waals surface area contributed by atoms with Crippen LogP contribution in [-0.4, -0.2) is 79.7 Å². The smallest absolute Gasteiger partial charge is 0.228 e. The molecule has 0 radical (unpaired) electrons. The molecule has 3 unspecified atom stereocenters. The summed E-state index contributed by atoms with van der Waals surface area (Å²) in [5.74, 6) is -0.699. The lowest BCUT2D eigenvalue weighted by molar-refractivity contribution is -0.139. The number of sulfone groups is 1. The van der Waals surface area contributed by atoms with Crippen LogP contribution in [0.1, 0.15) is 58.3 Å². The topological polar surface area (TPSA) is 104 Å². The number of hydrogen-bond donors (Lipinski definition) is 1. The fraction of sp³-hybridized carbons (Fsp3) is 0.857. The molecule has 3 amide bonds. The lowest BCUT2D eigenvalue weighted by Gasteiger charge is -2.33. The predicted octanol–water partition coefficient (Wildman–Crippen LogP) is 0.957. The molecular weight excluding hydrogens is 406 g/mol. The Morgan fingerprint density at radius 2 is 1.90 bits per heavy atom. The van der Waals surface area contributed by atoms with Gasteiger partial charge in [0.15, 0.2) is 9.84 Å². The van der Waals surface area contributed by atoms with E-state index in [9.17, 15) is 22.8 Å². The molecular formula is C21H35N3O5S. The fourth-order valence-corrected chi connectivity index (χ4v) is 6.56. The third-order valence-electron chi connectivity index (χ3n) is 6.59. The van der Waals surface area contributed by atoms with E-state index in [1.54, 1.807) is 9.80 Å². The van der Waals surface area contributed by atoms with Gasteiger partial charge in [-0.1, -0.05) is 26.2 Å². The molecule has 3 saturated heterocycles. The highest BCUT2D eigenvalue weighted by atomic mass is 32.2. The molecule has 3 heterocycles. The molecule has 3 aliphatic rings. The van der Waals surface area contributed by atoms with E-state index in [4.69, 9.17) is 0 Å². The molecule has 0 aliphatic carbocycles. The van der Waals surface area contributed by atoms with Gasteiger partial charge in [0.1, 0.15) is 0 Å².